The number of Topliss-reactive ketones (excluding diaryl/α,β-unsaturated/α-hetero) is 1. The van der Waals surface area contributed by atoms with Gasteiger partial charge in [-0.2, -0.15) is 0 Å². The van der Waals surface area contributed by atoms with Crippen LogP contribution in [0.1, 0.15) is 24.2 Å². The number of para-hydroxylation sites is 1. The number of anilines is 1. The predicted octanol–water partition coefficient (Wildman–Crippen LogP) is 1.14. The molecule has 128 valence electrons. The Morgan fingerprint density at radius 2 is 2.00 bits per heavy atom. The van der Waals surface area contributed by atoms with Gasteiger partial charge < -0.3 is 15.5 Å². The van der Waals surface area contributed by atoms with Gasteiger partial charge in [0.15, 0.2) is 5.78 Å². The number of carbonyl (C=O) groups excluding carboxylic acids is 3. The summed E-state index contributed by atoms with van der Waals surface area (Å²) in [4.78, 5) is 40.0. The molecule has 24 heavy (non-hydrogen) atoms. The topological polar surface area (TPSA) is 78.5 Å². The molecule has 1 saturated carbocycles. The maximum absolute atomic E-state index is 12.9. The molecule has 1 aliphatic carbocycles. The van der Waals surface area contributed by atoms with Crippen LogP contribution in [0.3, 0.4) is 0 Å². The first kappa shape index (κ1) is 16.6. The van der Waals surface area contributed by atoms with Crippen LogP contribution in [0.4, 0.5) is 5.69 Å². The van der Waals surface area contributed by atoms with E-state index in [0.29, 0.717) is 17.8 Å². The van der Waals surface area contributed by atoms with Crippen LogP contribution in [0, 0.1) is 17.3 Å². The molecule has 1 aliphatic heterocycles. The highest BCUT2D eigenvalue weighted by Gasteiger charge is 2.73. The van der Waals surface area contributed by atoms with Crippen LogP contribution in [0.2, 0.25) is 0 Å². The minimum atomic E-state index is -0.960. The van der Waals surface area contributed by atoms with E-state index in [1.807, 2.05) is 25.9 Å². The third kappa shape index (κ3) is 2.51. The third-order valence-electron chi connectivity index (χ3n) is 5.03. The summed E-state index contributed by atoms with van der Waals surface area (Å²) in [6.07, 6.45) is 0. The van der Waals surface area contributed by atoms with E-state index in [-0.39, 0.29) is 23.6 Å². The van der Waals surface area contributed by atoms with Crippen LogP contribution in [0.25, 0.3) is 0 Å². The molecule has 1 aromatic carbocycles. The summed E-state index contributed by atoms with van der Waals surface area (Å²) < 4.78 is 0. The normalized spacial score (nSPS) is 29.2. The quantitative estimate of drug-likeness (QED) is 0.868. The van der Waals surface area contributed by atoms with E-state index in [1.54, 1.807) is 31.2 Å². The van der Waals surface area contributed by atoms with Crippen LogP contribution in [0.5, 0.6) is 0 Å². The first-order chi connectivity index (χ1) is 11.3. The fourth-order valence-corrected chi connectivity index (χ4v) is 3.86. The largest absolute Gasteiger partial charge is 0.352 e. The summed E-state index contributed by atoms with van der Waals surface area (Å²) in [5, 5.41) is 5.72. The second-order valence-electron chi connectivity index (χ2n) is 7.27. The second-order valence-corrected chi connectivity index (χ2v) is 7.27. The van der Waals surface area contributed by atoms with E-state index >= 15 is 0 Å². The lowest BCUT2D eigenvalue weighted by Crippen LogP contribution is -2.41. The molecule has 4 atom stereocenters. The molecule has 0 saturated heterocycles. The van der Waals surface area contributed by atoms with E-state index in [9.17, 15) is 14.4 Å². The van der Waals surface area contributed by atoms with Gasteiger partial charge in [-0.1, -0.05) is 19.1 Å². The van der Waals surface area contributed by atoms with Crippen LogP contribution in [-0.2, 0) is 9.59 Å². The molecular formula is C18H23N3O3. The smallest absolute Gasteiger partial charge is 0.229 e. The Labute approximate surface area is 141 Å². The summed E-state index contributed by atoms with van der Waals surface area (Å²) in [6, 6.07) is 6.91. The van der Waals surface area contributed by atoms with Crippen molar-refractivity contribution in [1.29, 1.82) is 0 Å². The Morgan fingerprint density at radius 3 is 2.67 bits per heavy atom. The maximum atomic E-state index is 12.9. The zero-order valence-corrected chi connectivity index (χ0v) is 14.4. The fourth-order valence-electron chi connectivity index (χ4n) is 3.86. The van der Waals surface area contributed by atoms with E-state index in [2.05, 4.69) is 10.6 Å². The number of rotatable bonds is 4. The minimum absolute atomic E-state index is 0.0496. The zero-order chi connectivity index (χ0) is 17.6. The third-order valence-corrected chi connectivity index (χ3v) is 5.03. The number of nitrogens with zero attached hydrogens (tertiary/aromatic N) is 1. The Bertz CT molecular complexity index is 715. The van der Waals surface area contributed by atoms with E-state index in [1.165, 1.54) is 0 Å². The number of amides is 2. The number of benzene rings is 1. The highest BCUT2D eigenvalue weighted by Crippen LogP contribution is 2.62. The van der Waals surface area contributed by atoms with Crippen molar-refractivity contribution in [3.05, 3.63) is 29.8 Å². The summed E-state index contributed by atoms with van der Waals surface area (Å²) in [5.41, 5.74) is 0.0482. The first-order valence-electron chi connectivity index (χ1n) is 8.16. The van der Waals surface area contributed by atoms with Gasteiger partial charge in [0.2, 0.25) is 11.8 Å². The van der Waals surface area contributed by atoms with Crippen molar-refractivity contribution in [2.75, 3.05) is 26.0 Å². The first-order valence-corrected chi connectivity index (χ1v) is 8.16. The lowest BCUT2D eigenvalue weighted by Gasteiger charge is -2.19. The second kappa shape index (κ2) is 5.70. The monoisotopic (exact) mass is 329 g/mol. The van der Waals surface area contributed by atoms with Crippen molar-refractivity contribution >= 4 is 23.3 Å². The van der Waals surface area contributed by atoms with Crippen LogP contribution >= 0.6 is 0 Å². The standard InChI is InChI=1S/C18H23N3O3/c1-10(9-21(3)4)19-16(23)13-14-17(24)20-12-8-6-5-7-11(12)15(22)18(13,14)2/h5-8,10,13-14H,9H2,1-4H3,(H,19,23)(H,20,24)/t10-,13-,14-,18+/m0/s1. The van der Waals surface area contributed by atoms with Crippen molar-refractivity contribution in [3.63, 3.8) is 0 Å². The molecule has 2 aliphatic rings. The molecule has 0 aromatic heterocycles. The van der Waals surface area contributed by atoms with Gasteiger partial charge in [-0.05, 0) is 33.2 Å². The molecular weight excluding hydrogens is 306 g/mol. The number of likely N-dealkylation sites (N-methyl/N-ethyl adjacent to an activating group) is 1. The maximum Gasteiger partial charge on any atom is 0.229 e. The highest BCUT2D eigenvalue weighted by atomic mass is 16.2. The van der Waals surface area contributed by atoms with Crippen molar-refractivity contribution in [2.45, 2.75) is 19.9 Å². The minimum Gasteiger partial charge on any atom is -0.352 e. The van der Waals surface area contributed by atoms with Crippen LogP contribution in [-0.4, -0.2) is 49.2 Å². The molecule has 0 spiro atoms. The van der Waals surface area contributed by atoms with E-state index in [0.717, 1.165) is 0 Å². The van der Waals surface area contributed by atoms with Gasteiger partial charge in [-0.3, -0.25) is 14.4 Å². The predicted molar refractivity (Wildman–Crippen MR) is 90.6 cm³/mol. The number of fused-ring (bicyclic) bond motifs is 2. The fraction of sp³-hybridized carbons (Fsp3) is 0.500. The number of hydrogen-bond donors (Lipinski definition) is 2. The molecule has 2 amide bonds. The van der Waals surface area contributed by atoms with Crippen molar-refractivity contribution < 1.29 is 14.4 Å². The van der Waals surface area contributed by atoms with Gasteiger partial charge in [0.05, 0.1) is 22.9 Å². The molecule has 3 rings (SSSR count). The van der Waals surface area contributed by atoms with Gasteiger partial charge in [0, 0.05) is 18.2 Å². The number of ketones is 1. The average Bonchev–Trinajstić information content (AvgIpc) is 3.14. The van der Waals surface area contributed by atoms with Crippen LogP contribution < -0.4 is 10.6 Å². The molecule has 2 N–H and O–H groups in total. The van der Waals surface area contributed by atoms with Gasteiger partial charge in [0.25, 0.3) is 0 Å². The Balaban J connectivity index is 1.84. The van der Waals surface area contributed by atoms with Gasteiger partial charge >= 0.3 is 0 Å². The zero-order valence-electron chi connectivity index (χ0n) is 14.4. The Kier molecular flexibility index (Phi) is 3.95. The van der Waals surface area contributed by atoms with Gasteiger partial charge in [-0.15, -0.1) is 0 Å². The Hall–Kier alpha value is -2.21. The molecule has 0 bridgehead atoms. The van der Waals surface area contributed by atoms with Crippen molar-refractivity contribution in [1.82, 2.24) is 10.2 Å². The number of carbonyl (C=O) groups is 3. The highest BCUT2D eigenvalue weighted by molar-refractivity contribution is 6.19. The lowest BCUT2D eigenvalue weighted by molar-refractivity contribution is -0.125. The summed E-state index contributed by atoms with van der Waals surface area (Å²) >= 11 is 0. The molecule has 0 unspecified atom stereocenters. The molecule has 6 nitrogen and oxygen atoms in total. The molecule has 0 radical (unpaired) electrons. The van der Waals surface area contributed by atoms with Crippen molar-refractivity contribution in [3.8, 4) is 0 Å². The lowest BCUT2D eigenvalue weighted by atomic mass is 9.92. The molecule has 1 fully saturated rings. The van der Waals surface area contributed by atoms with Gasteiger partial charge in [-0.25, -0.2) is 0 Å². The van der Waals surface area contributed by atoms with E-state index < -0.39 is 17.3 Å². The number of nitrogens with one attached hydrogen (secondary N) is 2. The molecule has 1 heterocycles. The SMILES string of the molecule is C[C@@H](CN(C)C)NC(=O)[C@@H]1[C@H]2C(=O)Nc3ccccc3C(=O)[C@@]21C. The number of hydrogen-bond acceptors (Lipinski definition) is 4. The van der Waals surface area contributed by atoms with Crippen molar-refractivity contribution in [2.24, 2.45) is 17.3 Å². The van der Waals surface area contributed by atoms with E-state index in [4.69, 9.17) is 0 Å². The van der Waals surface area contributed by atoms with Crippen LogP contribution in [0.15, 0.2) is 24.3 Å². The summed E-state index contributed by atoms with van der Waals surface area (Å²) in [5.74, 6) is -1.83. The Morgan fingerprint density at radius 1 is 1.33 bits per heavy atom. The molecule has 1 aromatic rings. The van der Waals surface area contributed by atoms with Gasteiger partial charge in [0.1, 0.15) is 0 Å². The summed E-state index contributed by atoms with van der Waals surface area (Å²) in [7, 11) is 3.86. The average molecular weight is 329 g/mol. The molecule has 6 heteroatoms. The summed E-state index contributed by atoms with van der Waals surface area (Å²) in [6.45, 7) is 4.33.